The molecule has 3 rings (SSSR count). The molecule has 25 heavy (non-hydrogen) atoms. The molecule has 1 heterocycles. The lowest BCUT2D eigenvalue weighted by atomic mass is 9.91. The largest absolute Gasteiger partial charge is 0.481 e. The maximum Gasteiger partial charge on any atom is 0.306 e. The van der Waals surface area contributed by atoms with Gasteiger partial charge in [-0.2, -0.15) is 0 Å². The van der Waals surface area contributed by atoms with E-state index in [4.69, 9.17) is 23.2 Å². The van der Waals surface area contributed by atoms with Crippen molar-refractivity contribution in [1.29, 1.82) is 0 Å². The van der Waals surface area contributed by atoms with Gasteiger partial charge in [0, 0.05) is 14.5 Å². The Balaban J connectivity index is 1.99. The summed E-state index contributed by atoms with van der Waals surface area (Å²) in [5.74, 6) is -0.974. The van der Waals surface area contributed by atoms with Crippen molar-refractivity contribution in [2.45, 2.75) is 18.9 Å². The second-order valence-corrected chi connectivity index (χ2v) is 7.94. The number of carboxylic acid groups (broad SMARTS) is 1. The lowest BCUT2D eigenvalue weighted by Gasteiger charge is -2.37. The summed E-state index contributed by atoms with van der Waals surface area (Å²) in [4.78, 5) is 13.6. The minimum absolute atomic E-state index is 0.0462. The van der Waals surface area contributed by atoms with E-state index in [1.807, 2.05) is 30.3 Å². The first-order valence-electron chi connectivity index (χ1n) is 8.13. The summed E-state index contributed by atoms with van der Waals surface area (Å²) < 4.78 is 1.01. The van der Waals surface area contributed by atoms with Crippen LogP contribution < -0.4 is 0 Å². The zero-order chi connectivity index (χ0) is 18.0. The Labute approximate surface area is 165 Å². The van der Waals surface area contributed by atoms with Gasteiger partial charge in [0.2, 0.25) is 0 Å². The number of likely N-dealkylation sites (tertiary alicyclic amines) is 1. The van der Waals surface area contributed by atoms with Gasteiger partial charge in [-0.25, -0.2) is 0 Å². The molecule has 3 nitrogen and oxygen atoms in total. The van der Waals surface area contributed by atoms with E-state index >= 15 is 0 Å². The number of carbonyl (C=O) groups is 1. The van der Waals surface area contributed by atoms with E-state index in [2.05, 4.69) is 26.9 Å². The van der Waals surface area contributed by atoms with Crippen molar-refractivity contribution < 1.29 is 9.90 Å². The van der Waals surface area contributed by atoms with Gasteiger partial charge < -0.3 is 5.11 Å². The third-order valence-corrected chi connectivity index (χ3v) is 5.99. The highest BCUT2D eigenvalue weighted by molar-refractivity contribution is 9.10. The lowest BCUT2D eigenvalue weighted by molar-refractivity contribution is -0.143. The van der Waals surface area contributed by atoms with Gasteiger partial charge in [0.25, 0.3) is 0 Å². The molecule has 1 N–H and O–H groups in total. The maximum atomic E-state index is 11.3. The fourth-order valence-electron chi connectivity index (χ4n) is 3.39. The number of halogens is 3. The van der Waals surface area contributed by atoms with Gasteiger partial charge in [-0.05, 0) is 55.3 Å². The van der Waals surface area contributed by atoms with Crippen molar-refractivity contribution in [3.8, 4) is 0 Å². The van der Waals surface area contributed by atoms with Crippen LogP contribution in [0.1, 0.15) is 30.0 Å². The van der Waals surface area contributed by atoms with Crippen molar-refractivity contribution in [2.75, 3.05) is 13.1 Å². The summed E-state index contributed by atoms with van der Waals surface area (Å²) in [7, 11) is 0. The topological polar surface area (TPSA) is 40.5 Å². The van der Waals surface area contributed by atoms with Gasteiger partial charge >= 0.3 is 5.97 Å². The number of rotatable bonds is 4. The third kappa shape index (κ3) is 4.20. The van der Waals surface area contributed by atoms with Crippen molar-refractivity contribution in [1.82, 2.24) is 4.90 Å². The van der Waals surface area contributed by atoms with Crippen molar-refractivity contribution in [3.05, 3.63) is 68.1 Å². The fraction of sp³-hybridized carbons (Fsp3) is 0.316. The predicted molar refractivity (Wildman–Crippen MR) is 104 cm³/mol. The average Bonchev–Trinajstić information content (AvgIpc) is 2.59. The summed E-state index contributed by atoms with van der Waals surface area (Å²) in [5.41, 5.74) is 2.09. The third-order valence-electron chi connectivity index (χ3n) is 4.70. The number of carboxylic acids is 1. The molecular weight excluding hydrogens is 425 g/mol. The molecule has 0 amide bonds. The molecule has 0 aliphatic carbocycles. The van der Waals surface area contributed by atoms with E-state index in [1.165, 1.54) is 0 Å². The van der Waals surface area contributed by atoms with Gasteiger partial charge in [-0.3, -0.25) is 9.69 Å². The summed E-state index contributed by atoms with van der Waals surface area (Å²) >= 11 is 16.2. The molecule has 0 saturated carbocycles. The Morgan fingerprint density at radius 2 is 1.80 bits per heavy atom. The van der Waals surface area contributed by atoms with Crippen molar-refractivity contribution in [2.24, 2.45) is 5.92 Å². The Hall–Kier alpha value is -1.07. The maximum absolute atomic E-state index is 11.3. The second-order valence-electron chi connectivity index (χ2n) is 6.24. The zero-order valence-corrected chi connectivity index (χ0v) is 16.6. The number of hydrogen-bond acceptors (Lipinski definition) is 2. The van der Waals surface area contributed by atoms with Crippen LogP contribution in [-0.4, -0.2) is 29.1 Å². The Bertz CT molecular complexity index is 776. The number of piperidine rings is 1. The smallest absolute Gasteiger partial charge is 0.306 e. The number of nitrogens with zero attached hydrogens (tertiary/aromatic N) is 1. The van der Waals surface area contributed by atoms with Crippen LogP contribution >= 0.6 is 39.1 Å². The molecule has 1 aliphatic heterocycles. The molecule has 6 heteroatoms. The second kappa shape index (κ2) is 8.09. The van der Waals surface area contributed by atoms with Crippen molar-refractivity contribution in [3.63, 3.8) is 0 Å². The molecule has 0 spiro atoms. The summed E-state index contributed by atoms with van der Waals surface area (Å²) in [6.07, 6.45) is 1.28. The molecule has 2 aromatic carbocycles. The first kappa shape index (κ1) is 18.7. The van der Waals surface area contributed by atoms with Crippen LogP contribution in [-0.2, 0) is 4.79 Å². The van der Waals surface area contributed by atoms with Crippen LogP contribution in [0.4, 0.5) is 0 Å². The Kier molecular flexibility index (Phi) is 6.05. The Morgan fingerprint density at radius 1 is 1.12 bits per heavy atom. The minimum atomic E-state index is -0.707. The number of benzene rings is 2. The summed E-state index contributed by atoms with van der Waals surface area (Å²) in [6, 6.07) is 13.6. The van der Waals surface area contributed by atoms with Gasteiger partial charge in [0.1, 0.15) is 0 Å². The normalized spacial score (nSPS) is 17.4. The molecule has 0 bridgehead atoms. The molecule has 1 unspecified atom stereocenters. The van der Waals surface area contributed by atoms with Crippen molar-refractivity contribution >= 4 is 45.1 Å². The molecule has 1 saturated heterocycles. The molecule has 0 radical (unpaired) electrons. The fourth-order valence-corrected chi connectivity index (χ4v) is 4.40. The van der Waals surface area contributed by atoms with E-state index in [0.29, 0.717) is 36.0 Å². The predicted octanol–water partition coefficient (Wildman–Crippen LogP) is 5.64. The molecule has 0 aromatic heterocycles. The van der Waals surface area contributed by atoms with Crippen LogP contribution in [0, 0.1) is 5.92 Å². The number of hydrogen-bond donors (Lipinski definition) is 1. The summed E-state index contributed by atoms with van der Waals surface area (Å²) in [6.45, 7) is 1.42. The van der Waals surface area contributed by atoms with Crippen LogP contribution in [0.15, 0.2) is 46.9 Å². The van der Waals surface area contributed by atoms with Crippen LogP contribution in [0.25, 0.3) is 0 Å². The van der Waals surface area contributed by atoms with Crippen LogP contribution in [0.2, 0.25) is 10.0 Å². The van der Waals surface area contributed by atoms with E-state index in [1.54, 1.807) is 6.07 Å². The van der Waals surface area contributed by atoms with E-state index in [9.17, 15) is 9.90 Å². The van der Waals surface area contributed by atoms with Gasteiger partial charge in [0.15, 0.2) is 0 Å². The molecule has 2 aromatic rings. The molecule has 1 fully saturated rings. The molecular formula is C19H18BrCl2NO2. The molecule has 1 aliphatic rings. The monoisotopic (exact) mass is 441 g/mol. The van der Waals surface area contributed by atoms with Crippen LogP contribution in [0.5, 0.6) is 0 Å². The van der Waals surface area contributed by atoms with Crippen LogP contribution in [0.3, 0.4) is 0 Å². The van der Waals surface area contributed by atoms with E-state index in [-0.39, 0.29) is 12.0 Å². The highest BCUT2D eigenvalue weighted by Crippen LogP contribution is 2.39. The quantitative estimate of drug-likeness (QED) is 0.665. The lowest BCUT2D eigenvalue weighted by Crippen LogP contribution is -2.39. The molecule has 132 valence electrons. The summed E-state index contributed by atoms with van der Waals surface area (Å²) in [5, 5.41) is 10.5. The van der Waals surface area contributed by atoms with E-state index in [0.717, 1.165) is 15.6 Å². The standard InChI is InChI=1S/C19H18BrCl2NO2/c20-16-4-2-1-3-14(16)18(15-6-5-13(21)11-17(15)22)23-9-7-12(8-10-23)19(24)25/h1-6,11-12,18H,7-10H2,(H,24,25). The first-order valence-corrected chi connectivity index (χ1v) is 9.68. The van der Waals surface area contributed by atoms with Gasteiger partial charge in [0.05, 0.1) is 12.0 Å². The first-order chi connectivity index (χ1) is 12.0. The number of aliphatic carboxylic acids is 1. The minimum Gasteiger partial charge on any atom is -0.481 e. The molecule has 1 atom stereocenters. The van der Waals surface area contributed by atoms with Gasteiger partial charge in [-0.1, -0.05) is 63.4 Å². The SMILES string of the molecule is O=C(O)C1CCN(C(c2ccc(Cl)cc2Cl)c2ccccc2Br)CC1. The average molecular weight is 443 g/mol. The highest BCUT2D eigenvalue weighted by atomic mass is 79.9. The van der Waals surface area contributed by atoms with E-state index < -0.39 is 5.97 Å². The zero-order valence-electron chi connectivity index (χ0n) is 13.5. The Morgan fingerprint density at radius 3 is 2.40 bits per heavy atom. The highest BCUT2D eigenvalue weighted by Gasteiger charge is 2.31. The van der Waals surface area contributed by atoms with Gasteiger partial charge in [-0.15, -0.1) is 0 Å².